The lowest BCUT2D eigenvalue weighted by atomic mass is 9.97. The van der Waals surface area contributed by atoms with Gasteiger partial charge in [0.05, 0.1) is 18.0 Å². The summed E-state index contributed by atoms with van der Waals surface area (Å²) in [6, 6.07) is 8.46. The summed E-state index contributed by atoms with van der Waals surface area (Å²) in [5.74, 6) is 0. The van der Waals surface area contributed by atoms with Crippen LogP contribution in [0, 0.1) is 12.3 Å². The number of hydrogen-bond acceptors (Lipinski definition) is 5. The van der Waals surface area contributed by atoms with E-state index in [1.807, 2.05) is 20.8 Å². The van der Waals surface area contributed by atoms with Crippen molar-refractivity contribution >= 4 is 40.1 Å². The number of rotatable bonds is 5. The van der Waals surface area contributed by atoms with E-state index in [0.717, 1.165) is 0 Å². The first-order valence-corrected chi connectivity index (χ1v) is 12.8. The third kappa shape index (κ3) is 5.73. The second kappa shape index (κ2) is 7.59. The summed E-state index contributed by atoms with van der Waals surface area (Å²) in [4.78, 5) is 10.5. The maximum absolute atomic E-state index is 10.5. The normalized spacial score (nSPS) is 26.3. The Balaban J connectivity index is 2.17. The van der Waals surface area contributed by atoms with Gasteiger partial charge < -0.3 is 13.9 Å². The predicted molar refractivity (Wildman–Crippen MR) is 110 cm³/mol. The summed E-state index contributed by atoms with van der Waals surface area (Å²) in [7, 11) is 3.55. The van der Waals surface area contributed by atoms with Gasteiger partial charge in [0.25, 0.3) is 0 Å². The quantitative estimate of drug-likeness (QED) is 0.487. The van der Waals surface area contributed by atoms with Gasteiger partial charge in [0.15, 0.2) is 0 Å². The molecule has 0 bridgehead atoms. The van der Waals surface area contributed by atoms with E-state index in [1.165, 1.54) is 11.1 Å². The molecule has 24 heavy (non-hydrogen) atoms. The molecule has 0 amide bonds. The average Bonchev–Trinajstić information content (AvgIpc) is 2.73. The Kier molecular flexibility index (Phi) is 6.57. The summed E-state index contributed by atoms with van der Waals surface area (Å²) in [5, 5.41) is 0.123. The smallest absolute Gasteiger partial charge is 0.324 e. The summed E-state index contributed by atoms with van der Waals surface area (Å²) in [6.45, 7) is 9.56. The zero-order valence-corrected chi connectivity index (χ0v) is 18.5. The molecule has 2 rings (SSSR count). The van der Waals surface area contributed by atoms with Gasteiger partial charge in [0.1, 0.15) is 0 Å². The third-order valence-corrected chi connectivity index (χ3v) is 8.85. The van der Waals surface area contributed by atoms with Crippen molar-refractivity contribution in [2.24, 2.45) is 5.41 Å². The number of aryl methyl sites for hydroxylation is 1. The Labute approximate surface area is 158 Å². The fraction of sp³-hybridized carbons (Fsp3) is 0.647. The molecular formula is C17H27O3PS3. The Morgan fingerprint density at radius 3 is 2.38 bits per heavy atom. The predicted octanol–water partition coefficient (Wildman–Crippen LogP) is 5.87. The summed E-state index contributed by atoms with van der Waals surface area (Å²) in [6.07, 6.45) is -0.203. The molecule has 0 radical (unpaired) electrons. The second-order valence-electron chi connectivity index (χ2n) is 7.94. The Morgan fingerprint density at radius 2 is 1.83 bits per heavy atom. The van der Waals surface area contributed by atoms with Gasteiger partial charge in [-0.1, -0.05) is 72.2 Å². The van der Waals surface area contributed by atoms with E-state index >= 15 is 0 Å². The van der Waals surface area contributed by atoms with Crippen molar-refractivity contribution < 1.29 is 13.9 Å². The monoisotopic (exact) mass is 406 g/mol. The zero-order chi connectivity index (χ0) is 18.2. The Bertz CT molecular complexity index is 611. The molecule has 1 aliphatic heterocycles. The minimum atomic E-state index is -3.28. The van der Waals surface area contributed by atoms with Crippen LogP contribution in [0.4, 0.5) is 0 Å². The molecule has 0 aromatic heterocycles. The van der Waals surface area contributed by atoms with Crippen LogP contribution in [-0.2, 0) is 20.9 Å². The molecule has 1 fully saturated rings. The highest BCUT2D eigenvalue weighted by molar-refractivity contribution is 8.77. The van der Waals surface area contributed by atoms with Crippen LogP contribution in [0.3, 0.4) is 0 Å². The van der Waals surface area contributed by atoms with Gasteiger partial charge in [-0.15, -0.1) is 0 Å². The van der Waals surface area contributed by atoms with E-state index in [0.29, 0.717) is 6.61 Å². The number of hydrogen-bond donors (Lipinski definition) is 1. The SMILES string of the molecule is Cc1ccc([C@H]2SSC(C)(C)[C@H]2OP(O)(=S)OCC(C)(C)C)cc1. The van der Waals surface area contributed by atoms with Crippen LogP contribution in [0.1, 0.15) is 51.0 Å². The molecule has 3 atom stereocenters. The molecule has 1 N–H and O–H groups in total. The van der Waals surface area contributed by atoms with Crippen molar-refractivity contribution in [3.8, 4) is 0 Å². The maximum atomic E-state index is 10.5. The van der Waals surface area contributed by atoms with Gasteiger partial charge >= 0.3 is 6.72 Å². The molecule has 7 heteroatoms. The lowest BCUT2D eigenvalue weighted by molar-refractivity contribution is 0.0992. The summed E-state index contributed by atoms with van der Waals surface area (Å²) < 4.78 is 11.5. The van der Waals surface area contributed by atoms with Gasteiger partial charge in [-0.05, 0) is 43.6 Å². The van der Waals surface area contributed by atoms with Crippen molar-refractivity contribution in [1.29, 1.82) is 0 Å². The van der Waals surface area contributed by atoms with Crippen molar-refractivity contribution in [2.45, 2.75) is 57.6 Å². The summed E-state index contributed by atoms with van der Waals surface area (Å²) >= 11 is 5.28. The van der Waals surface area contributed by atoms with Crippen LogP contribution in [0.25, 0.3) is 0 Å². The van der Waals surface area contributed by atoms with Crippen LogP contribution in [-0.4, -0.2) is 22.4 Å². The van der Waals surface area contributed by atoms with Gasteiger partial charge in [0.2, 0.25) is 0 Å². The minimum absolute atomic E-state index is 0.0683. The molecule has 1 aromatic rings. The molecule has 0 saturated carbocycles. The molecule has 0 aliphatic carbocycles. The van der Waals surface area contributed by atoms with Gasteiger partial charge in [-0.25, -0.2) is 0 Å². The highest BCUT2D eigenvalue weighted by Gasteiger charge is 2.48. The molecule has 1 heterocycles. The minimum Gasteiger partial charge on any atom is -0.324 e. The topological polar surface area (TPSA) is 38.7 Å². The van der Waals surface area contributed by atoms with Crippen LogP contribution in [0.15, 0.2) is 24.3 Å². The van der Waals surface area contributed by atoms with E-state index in [2.05, 4.69) is 45.0 Å². The third-order valence-electron chi connectivity index (χ3n) is 3.64. The lowest BCUT2D eigenvalue weighted by Crippen LogP contribution is -2.34. The first-order chi connectivity index (χ1) is 10.9. The highest BCUT2D eigenvalue weighted by Crippen LogP contribution is 2.63. The molecule has 1 aliphatic rings. The van der Waals surface area contributed by atoms with Gasteiger partial charge in [0, 0.05) is 4.75 Å². The lowest BCUT2D eigenvalue weighted by Gasteiger charge is -2.32. The molecular weight excluding hydrogens is 379 g/mol. The van der Waals surface area contributed by atoms with E-state index in [1.54, 1.807) is 21.6 Å². The zero-order valence-electron chi connectivity index (χ0n) is 15.1. The van der Waals surface area contributed by atoms with Gasteiger partial charge in [-0.2, -0.15) is 0 Å². The van der Waals surface area contributed by atoms with Gasteiger partial charge in [-0.3, -0.25) is 0 Å². The second-order valence-corrected chi connectivity index (χ2v) is 13.7. The number of benzene rings is 1. The fourth-order valence-electron chi connectivity index (χ4n) is 2.26. The standard InChI is InChI=1S/C17H27O3PS3/c1-12-7-9-13(10-8-12)14-15(17(5,6)24-23-14)20-21(18,22)19-11-16(2,3)4/h7-10,14-15H,11H2,1-6H3,(H,18,22)/t14-,15+,21?/m1/s1. The average molecular weight is 407 g/mol. The van der Waals surface area contributed by atoms with Crippen molar-refractivity contribution in [2.75, 3.05) is 6.61 Å². The maximum Gasteiger partial charge on any atom is 0.324 e. The Morgan fingerprint density at radius 1 is 1.25 bits per heavy atom. The fourth-order valence-corrected chi connectivity index (χ4v) is 7.59. The summed E-state index contributed by atoms with van der Waals surface area (Å²) in [5.41, 5.74) is 2.35. The first kappa shape index (κ1) is 20.8. The van der Waals surface area contributed by atoms with Crippen LogP contribution in [0.5, 0.6) is 0 Å². The van der Waals surface area contributed by atoms with Crippen LogP contribution < -0.4 is 0 Å². The Hall–Kier alpha value is 0.450. The van der Waals surface area contributed by atoms with Crippen molar-refractivity contribution in [3.63, 3.8) is 0 Å². The molecule has 136 valence electrons. The molecule has 1 aromatic carbocycles. The van der Waals surface area contributed by atoms with Crippen LogP contribution >= 0.6 is 28.3 Å². The molecule has 1 unspecified atom stereocenters. The van der Waals surface area contributed by atoms with Crippen molar-refractivity contribution in [1.82, 2.24) is 0 Å². The van der Waals surface area contributed by atoms with Crippen molar-refractivity contribution in [3.05, 3.63) is 35.4 Å². The first-order valence-electron chi connectivity index (χ1n) is 7.96. The van der Waals surface area contributed by atoms with E-state index in [9.17, 15) is 4.89 Å². The molecule has 0 spiro atoms. The molecule has 3 nitrogen and oxygen atoms in total. The van der Waals surface area contributed by atoms with Crippen LogP contribution in [0.2, 0.25) is 0 Å². The van der Waals surface area contributed by atoms with E-state index < -0.39 is 6.72 Å². The van der Waals surface area contributed by atoms with E-state index in [-0.39, 0.29) is 21.5 Å². The highest BCUT2D eigenvalue weighted by atomic mass is 33.1. The molecule has 1 saturated heterocycles. The van der Waals surface area contributed by atoms with E-state index in [4.69, 9.17) is 20.9 Å². The largest absolute Gasteiger partial charge is 0.324 e.